The molecule has 0 spiro atoms. The molecule has 0 rings (SSSR count). The summed E-state index contributed by atoms with van der Waals surface area (Å²) in [6, 6.07) is 0. The molecule has 5 nitrogen and oxygen atoms in total. The SMILES string of the molecule is CCCCCCCCCCCCCCCCCCC(=O)OCC(OC(=O)CCCN(C)C)C(CCCC)CCCCC. The molecule has 0 aromatic heterocycles. The van der Waals surface area contributed by atoms with Gasteiger partial charge in [0.15, 0.2) is 0 Å². The van der Waals surface area contributed by atoms with Crippen molar-refractivity contribution >= 4 is 11.9 Å². The molecule has 5 heteroatoms. The van der Waals surface area contributed by atoms with Crippen LogP contribution in [0, 0.1) is 5.92 Å². The van der Waals surface area contributed by atoms with E-state index in [9.17, 15) is 9.59 Å². The van der Waals surface area contributed by atoms with E-state index in [1.54, 1.807) is 0 Å². The van der Waals surface area contributed by atoms with Crippen LogP contribution in [0.25, 0.3) is 0 Å². The van der Waals surface area contributed by atoms with Crippen LogP contribution in [0.15, 0.2) is 0 Å². The summed E-state index contributed by atoms with van der Waals surface area (Å²) in [5.41, 5.74) is 0. The molecule has 0 fully saturated rings. The van der Waals surface area contributed by atoms with Gasteiger partial charge in [0.25, 0.3) is 0 Å². The Morgan fingerprint density at radius 2 is 0.952 bits per heavy atom. The van der Waals surface area contributed by atoms with Crippen molar-refractivity contribution < 1.29 is 19.1 Å². The Hall–Kier alpha value is -1.10. The van der Waals surface area contributed by atoms with E-state index in [2.05, 4.69) is 25.7 Å². The predicted molar refractivity (Wildman–Crippen MR) is 180 cm³/mol. The van der Waals surface area contributed by atoms with Crippen LogP contribution in [0.4, 0.5) is 0 Å². The van der Waals surface area contributed by atoms with Gasteiger partial charge in [-0.05, 0) is 52.2 Å². The number of hydrogen-bond donors (Lipinski definition) is 0. The van der Waals surface area contributed by atoms with E-state index in [-0.39, 0.29) is 30.6 Å². The second-order valence-corrected chi connectivity index (χ2v) is 13.1. The minimum Gasteiger partial charge on any atom is -0.462 e. The highest BCUT2D eigenvalue weighted by Gasteiger charge is 2.26. The molecule has 0 aliphatic carbocycles. The number of nitrogens with zero attached hydrogens (tertiary/aromatic N) is 1. The number of rotatable bonds is 32. The van der Waals surface area contributed by atoms with Crippen LogP contribution in [-0.2, 0) is 19.1 Å². The Bertz CT molecular complexity index is 594. The third-order valence-electron chi connectivity index (χ3n) is 8.54. The zero-order valence-corrected chi connectivity index (χ0v) is 29.0. The zero-order chi connectivity index (χ0) is 31.1. The number of unbranched alkanes of at least 4 members (excludes halogenated alkanes) is 18. The van der Waals surface area contributed by atoms with E-state index < -0.39 is 0 Å². The van der Waals surface area contributed by atoms with E-state index in [0.717, 1.165) is 57.9 Å². The smallest absolute Gasteiger partial charge is 0.306 e. The summed E-state index contributed by atoms with van der Waals surface area (Å²) in [5, 5.41) is 0. The van der Waals surface area contributed by atoms with Gasteiger partial charge in [-0.15, -0.1) is 0 Å². The molecule has 0 N–H and O–H groups in total. The minimum atomic E-state index is -0.324. The lowest BCUT2D eigenvalue weighted by Crippen LogP contribution is -2.33. The fraction of sp³-hybridized carbons (Fsp3) is 0.946. The molecule has 0 aliphatic rings. The van der Waals surface area contributed by atoms with Gasteiger partial charge < -0.3 is 14.4 Å². The summed E-state index contributed by atoms with van der Waals surface area (Å²) in [5.74, 6) is -0.0397. The number of ether oxygens (including phenoxy) is 2. The van der Waals surface area contributed by atoms with Crippen LogP contribution in [0.2, 0.25) is 0 Å². The predicted octanol–water partition coefficient (Wildman–Crippen LogP) is 10.8. The van der Waals surface area contributed by atoms with Crippen LogP contribution in [0.3, 0.4) is 0 Å². The first-order chi connectivity index (χ1) is 20.4. The Morgan fingerprint density at radius 3 is 1.45 bits per heavy atom. The lowest BCUT2D eigenvalue weighted by molar-refractivity contribution is -0.163. The molecule has 2 atom stereocenters. The summed E-state index contributed by atoms with van der Waals surface area (Å²) in [7, 11) is 4.03. The lowest BCUT2D eigenvalue weighted by Gasteiger charge is -2.27. The number of hydrogen-bond acceptors (Lipinski definition) is 5. The molecule has 2 unspecified atom stereocenters. The van der Waals surface area contributed by atoms with Gasteiger partial charge >= 0.3 is 11.9 Å². The van der Waals surface area contributed by atoms with Gasteiger partial charge in [-0.2, -0.15) is 0 Å². The molecule has 0 saturated carbocycles. The van der Waals surface area contributed by atoms with Crippen LogP contribution in [-0.4, -0.2) is 50.2 Å². The standard InChI is InChI=1S/C37H73NO4/c1-6-9-12-13-14-15-16-17-18-19-20-21-22-23-24-26-30-36(39)41-33-35(42-37(40)31-27-32-38(4)5)34(28-11-8-3)29-25-10-7-2/h34-35H,6-33H2,1-5H3. The van der Waals surface area contributed by atoms with E-state index >= 15 is 0 Å². The summed E-state index contributed by atoms with van der Waals surface area (Å²) in [6.07, 6.45) is 30.3. The molecule has 0 amide bonds. The third kappa shape index (κ3) is 27.7. The molecule has 0 aromatic carbocycles. The molecule has 0 aliphatic heterocycles. The van der Waals surface area contributed by atoms with E-state index in [0.29, 0.717) is 12.8 Å². The summed E-state index contributed by atoms with van der Waals surface area (Å²) < 4.78 is 11.7. The monoisotopic (exact) mass is 596 g/mol. The van der Waals surface area contributed by atoms with Crippen molar-refractivity contribution in [1.82, 2.24) is 4.90 Å². The van der Waals surface area contributed by atoms with Crippen molar-refractivity contribution in [3.63, 3.8) is 0 Å². The molecule has 42 heavy (non-hydrogen) atoms. The van der Waals surface area contributed by atoms with E-state index in [4.69, 9.17) is 9.47 Å². The summed E-state index contributed by atoms with van der Waals surface area (Å²) >= 11 is 0. The van der Waals surface area contributed by atoms with Crippen LogP contribution >= 0.6 is 0 Å². The first-order valence-corrected chi connectivity index (χ1v) is 18.4. The van der Waals surface area contributed by atoms with Gasteiger partial charge in [0, 0.05) is 12.8 Å². The maximum atomic E-state index is 12.6. The number of carbonyl (C=O) groups is 2. The number of esters is 2. The average Bonchev–Trinajstić information content (AvgIpc) is 2.96. The molecular weight excluding hydrogens is 522 g/mol. The molecule has 250 valence electrons. The fourth-order valence-corrected chi connectivity index (χ4v) is 5.74. The topological polar surface area (TPSA) is 55.8 Å². The maximum Gasteiger partial charge on any atom is 0.306 e. The second-order valence-electron chi connectivity index (χ2n) is 13.1. The van der Waals surface area contributed by atoms with E-state index in [1.807, 2.05) is 14.1 Å². The van der Waals surface area contributed by atoms with Crippen LogP contribution in [0.1, 0.15) is 188 Å². The fourth-order valence-electron chi connectivity index (χ4n) is 5.74. The van der Waals surface area contributed by atoms with Crippen molar-refractivity contribution in [2.75, 3.05) is 27.2 Å². The minimum absolute atomic E-state index is 0.142. The first-order valence-electron chi connectivity index (χ1n) is 18.4. The Labute approximate surface area is 262 Å². The average molecular weight is 596 g/mol. The van der Waals surface area contributed by atoms with Gasteiger partial charge in [-0.1, -0.05) is 149 Å². The molecular formula is C37H73NO4. The van der Waals surface area contributed by atoms with Gasteiger partial charge in [-0.25, -0.2) is 0 Å². The van der Waals surface area contributed by atoms with E-state index in [1.165, 1.54) is 103 Å². The lowest BCUT2D eigenvalue weighted by atomic mass is 9.90. The molecule has 0 radical (unpaired) electrons. The number of carbonyl (C=O) groups excluding carboxylic acids is 2. The normalized spacial score (nSPS) is 12.9. The molecule has 0 saturated heterocycles. The van der Waals surface area contributed by atoms with Crippen molar-refractivity contribution in [2.45, 2.75) is 194 Å². The maximum absolute atomic E-state index is 12.6. The molecule has 0 aromatic rings. The van der Waals surface area contributed by atoms with Crippen molar-refractivity contribution in [3.05, 3.63) is 0 Å². The molecule has 0 bridgehead atoms. The summed E-state index contributed by atoms with van der Waals surface area (Å²) in [4.78, 5) is 27.3. The molecule has 0 heterocycles. The highest BCUT2D eigenvalue weighted by Crippen LogP contribution is 2.24. The summed E-state index contributed by atoms with van der Waals surface area (Å²) in [6.45, 7) is 7.76. The second kappa shape index (κ2) is 31.3. The van der Waals surface area contributed by atoms with Crippen molar-refractivity contribution in [3.8, 4) is 0 Å². The van der Waals surface area contributed by atoms with Crippen molar-refractivity contribution in [2.24, 2.45) is 5.92 Å². The largest absolute Gasteiger partial charge is 0.462 e. The Kier molecular flexibility index (Phi) is 30.5. The Balaban J connectivity index is 4.21. The van der Waals surface area contributed by atoms with Gasteiger partial charge in [0.05, 0.1) is 0 Å². The third-order valence-corrected chi connectivity index (χ3v) is 8.54. The Morgan fingerprint density at radius 1 is 0.524 bits per heavy atom. The van der Waals surface area contributed by atoms with Gasteiger partial charge in [0.1, 0.15) is 12.7 Å². The van der Waals surface area contributed by atoms with Crippen molar-refractivity contribution in [1.29, 1.82) is 0 Å². The quantitative estimate of drug-likeness (QED) is 0.0572. The van der Waals surface area contributed by atoms with Gasteiger partial charge in [0.2, 0.25) is 0 Å². The highest BCUT2D eigenvalue weighted by atomic mass is 16.6. The van der Waals surface area contributed by atoms with Crippen LogP contribution in [0.5, 0.6) is 0 Å². The first kappa shape index (κ1) is 40.9. The van der Waals surface area contributed by atoms with Crippen LogP contribution < -0.4 is 0 Å². The highest BCUT2D eigenvalue weighted by molar-refractivity contribution is 5.70. The van der Waals surface area contributed by atoms with Gasteiger partial charge in [-0.3, -0.25) is 9.59 Å². The zero-order valence-electron chi connectivity index (χ0n) is 29.0.